The third kappa shape index (κ3) is 4.87. The summed E-state index contributed by atoms with van der Waals surface area (Å²) in [7, 11) is 0. The number of hydrogen-bond acceptors (Lipinski definition) is 6. The van der Waals surface area contributed by atoms with E-state index < -0.39 is 0 Å². The van der Waals surface area contributed by atoms with Gasteiger partial charge in [-0.15, -0.1) is 16.4 Å². The highest BCUT2D eigenvalue weighted by atomic mass is 32.1. The monoisotopic (exact) mass is 447 g/mol. The summed E-state index contributed by atoms with van der Waals surface area (Å²) in [6, 6.07) is 18.3. The Balaban J connectivity index is 1.09. The first kappa shape index (κ1) is 20.8. The van der Waals surface area contributed by atoms with E-state index in [2.05, 4.69) is 21.4 Å². The van der Waals surface area contributed by atoms with Crippen LogP contribution in [0.5, 0.6) is 0 Å². The molecule has 1 aliphatic heterocycles. The van der Waals surface area contributed by atoms with E-state index in [0.29, 0.717) is 32.6 Å². The van der Waals surface area contributed by atoms with E-state index in [1.807, 2.05) is 64.3 Å². The Morgan fingerprint density at radius 1 is 1.09 bits per heavy atom. The molecular weight excluding hydrogens is 422 g/mol. The fourth-order valence-corrected chi connectivity index (χ4v) is 4.96. The number of likely N-dealkylation sites (tertiary alicyclic amines) is 1. The second-order valence-corrected chi connectivity index (χ2v) is 9.14. The Hall–Kier alpha value is -3.10. The summed E-state index contributed by atoms with van der Waals surface area (Å²) in [6.07, 6.45) is 4.00. The molecule has 2 aromatic carbocycles. The molecule has 1 fully saturated rings. The topological polar surface area (TPSA) is 73.1 Å². The van der Waals surface area contributed by atoms with E-state index in [1.54, 1.807) is 11.3 Å². The van der Waals surface area contributed by atoms with Crippen molar-refractivity contribution in [2.45, 2.75) is 38.5 Å². The lowest BCUT2D eigenvalue weighted by Gasteiger charge is -2.16. The number of hydrogen-bond donors (Lipinski definition) is 0. The highest BCUT2D eigenvalue weighted by Crippen LogP contribution is 2.24. The van der Waals surface area contributed by atoms with Crippen molar-refractivity contribution in [2.75, 3.05) is 13.1 Å². The van der Waals surface area contributed by atoms with E-state index in [0.717, 1.165) is 34.7 Å². The molecule has 2 aromatic heterocycles. The predicted octanol–water partition coefficient (Wildman–Crippen LogP) is 4.01. The highest BCUT2D eigenvalue weighted by Gasteiger charge is 2.28. The molecule has 1 aliphatic rings. The fraction of sp³-hybridized carbons (Fsp3) is 0.333. The Kier molecular flexibility index (Phi) is 6.22. The third-order valence-corrected chi connectivity index (χ3v) is 6.80. The van der Waals surface area contributed by atoms with E-state index in [1.165, 1.54) is 4.70 Å². The summed E-state index contributed by atoms with van der Waals surface area (Å²) in [4.78, 5) is 19.3. The number of aryl methyl sites for hydroxylation is 1. The van der Waals surface area contributed by atoms with Crippen molar-refractivity contribution in [1.82, 2.24) is 24.9 Å². The molecule has 1 atom stereocenters. The van der Waals surface area contributed by atoms with Crippen molar-refractivity contribution in [1.29, 1.82) is 0 Å². The Labute approximate surface area is 190 Å². The molecule has 0 aliphatic carbocycles. The van der Waals surface area contributed by atoms with Gasteiger partial charge in [0, 0.05) is 25.9 Å². The summed E-state index contributed by atoms with van der Waals surface area (Å²) in [5.74, 6) is 0.179. The van der Waals surface area contributed by atoms with Gasteiger partial charge in [0.25, 0.3) is 0 Å². The molecule has 0 spiro atoms. The van der Waals surface area contributed by atoms with E-state index in [9.17, 15) is 4.79 Å². The van der Waals surface area contributed by atoms with Gasteiger partial charge in [0.15, 0.2) is 0 Å². The zero-order chi connectivity index (χ0) is 21.8. The number of carbonyl (C=O) groups excluding carboxylic acids is 1. The minimum atomic E-state index is 0.164. The van der Waals surface area contributed by atoms with Crippen molar-refractivity contribution in [3.05, 3.63) is 77.1 Å². The van der Waals surface area contributed by atoms with Crippen LogP contribution in [0.4, 0.5) is 0 Å². The lowest BCUT2D eigenvalue weighted by Crippen LogP contribution is -2.29. The Morgan fingerprint density at radius 3 is 2.81 bits per heavy atom. The summed E-state index contributed by atoms with van der Waals surface area (Å²) in [5.41, 5.74) is 2.95. The van der Waals surface area contributed by atoms with Gasteiger partial charge >= 0.3 is 0 Å². The number of fused-ring (bicyclic) bond motifs is 1. The standard InChI is InChI=1S/C24H25N5O2S/c30-24(11-10-23-25-21-8-4-5-9-22(21)32-23)28-13-12-20(15-28)29-14-19(26-27-29)17-31-16-18-6-2-1-3-7-18/h1-9,14,20H,10-13,15-17H2. The molecule has 1 unspecified atom stereocenters. The van der Waals surface area contributed by atoms with Crippen molar-refractivity contribution < 1.29 is 9.53 Å². The Morgan fingerprint density at radius 2 is 1.94 bits per heavy atom. The summed E-state index contributed by atoms with van der Waals surface area (Å²) >= 11 is 1.67. The van der Waals surface area contributed by atoms with Crippen LogP contribution in [-0.2, 0) is 29.2 Å². The summed E-state index contributed by atoms with van der Waals surface area (Å²) < 4.78 is 8.80. The molecule has 8 heteroatoms. The number of benzene rings is 2. The van der Waals surface area contributed by atoms with Gasteiger partial charge in [0.05, 0.1) is 40.7 Å². The largest absolute Gasteiger partial charge is 0.370 e. The number of carbonyl (C=O) groups is 1. The number of rotatable bonds is 8. The van der Waals surface area contributed by atoms with Gasteiger partial charge in [-0.25, -0.2) is 9.67 Å². The van der Waals surface area contributed by atoms with Crippen molar-refractivity contribution >= 4 is 27.5 Å². The average molecular weight is 448 g/mol. The first-order chi connectivity index (χ1) is 15.7. The smallest absolute Gasteiger partial charge is 0.223 e. The van der Waals surface area contributed by atoms with E-state index in [4.69, 9.17) is 4.74 Å². The van der Waals surface area contributed by atoms with Gasteiger partial charge in [0.1, 0.15) is 5.69 Å². The first-order valence-corrected chi connectivity index (χ1v) is 11.7. The molecule has 0 bridgehead atoms. The Bertz CT molecular complexity index is 1160. The van der Waals surface area contributed by atoms with E-state index in [-0.39, 0.29) is 11.9 Å². The molecule has 5 rings (SSSR count). The van der Waals surface area contributed by atoms with Gasteiger partial charge in [0.2, 0.25) is 5.91 Å². The summed E-state index contributed by atoms with van der Waals surface area (Å²) in [5, 5.41) is 9.53. The summed E-state index contributed by atoms with van der Waals surface area (Å²) in [6.45, 7) is 2.40. The fourth-order valence-electron chi connectivity index (χ4n) is 3.99. The lowest BCUT2D eigenvalue weighted by molar-refractivity contribution is -0.130. The van der Waals surface area contributed by atoms with Crippen molar-refractivity contribution in [3.8, 4) is 0 Å². The normalized spacial score (nSPS) is 16.1. The second kappa shape index (κ2) is 9.58. The van der Waals surface area contributed by atoms with E-state index >= 15 is 0 Å². The van der Waals surface area contributed by atoms with Crippen molar-refractivity contribution in [3.63, 3.8) is 0 Å². The van der Waals surface area contributed by atoms with Gasteiger partial charge in [-0.1, -0.05) is 47.7 Å². The minimum Gasteiger partial charge on any atom is -0.370 e. The predicted molar refractivity (Wildman–Crippen MR) is 123 cm³/mol. The zero-order valence-electron chi connectivity index (χ0n) is 17.8. The second-order valence-electron chi connectivity index (χ2n) is 8.03. The van der Waals surface area contributed by atoms with Crippen LogP contribution < -0.4 is 0 Å². The molecule has 164 valence electrons. The molecule has 32 heavy (non-hydrogen) atoms. The number of amides is 1. The van der Waals surface area contributed by atoms with Crippen LogP contribution >= 0.6 is 11.3 Å². The van der Waals surface area contributed by atoms with Gasteiger partial charge in [-0.2, -0.15) is 0 Å². The maximum absolute atomic E-state index is 12.7. The molecule has 0 saturated carbocycles. The van der Waals surface area contributed by atoms with Gasteiger partial charge < -0.3 is 9.64 Å². The maximum Gasteiger partial charge on any atom is 0.223 e. The van der Waals surface area contributed by atoms with Crippen LogP contribution in [0.1, 0.15) is 35.1 Å². The van der Waals surface area contributed by atoms with Crippen LogP contribution in [0.3, 0.4) is 0 Å². The van der Waals surface area contributed by atoms with Crippen LogP contribution in [0.25, 0.3) is 10.2 Å². The average Bonchev–Trinajstić information content (AvgIpc) is 3.57. The molecular formula is C24H25N5O2S. The van der Waals surface area contributed by atoms with Crippen molar-refractivity contribution in [2.24, 2.45) is 0 Å². The molecule has 1 amide bonds. The quantitative estimate of drug-likeness (QED) is 0.408. The van der Waals surface area contributed by atoms with Crippen LogP contribution in [-0.4, -0.2) is 43.9 Å². The first-order valence-electron chi connectivity index (χ1n) is 10.9. The molecule has 4 aromatic rings. The third-order valence-electron chi connectivity index (χ3n) is 5.70. The van der Waals surface area contributed by atoms with Gasteiger partial charge in [-0.3, -0.25) is 4.79 Å². The molecule has 3 heterocycles. The number of ether oxygens (including phenoxy) is 1. The van der Waals surface area contributed by atoms with Crippen LogP contribution in [0, 0.1) is 0 Å². The number of thiazole rings is 1. The maximum atomic E-state index is 12.7. The highest BCUT2D eigenvalue weighted by molar-refractivity contribution is 7.18. The minimum absolute atomic E-state index is 0.164. The lowest BCUT2D eigenvalue weighted by atomic mass is 10.2. The number of aromatic nitrogens is 4. The van der Waals surface area contributed by atoms with Gasteiger partial charge in [-0.05, 0) is 24.1 Å². The van der Waals surface area contributed by atoms with Crippen LogP contribution in [0.2, 0.25) is 0 Å². The molecule has 1 saturated heterocycles. The molecule has 0 radical (unpaired) electrons. The number of nitrogens with zero attached hydrogens (tertiary/aromatic N) is 5. The zero-order valence-corrected chi connectivity index (χ0v) is 18.6. The molecule has 7 nitrogen and oxygen atoms in total. The SMILES string of the molecule is O=C(CCc1nc2ccccc2s1)N1CCC(n2cc(COCc3ccccc3)nn2)C1. The number of para-hydroxylation sites is 1. The van der Waals surface area contributed by atoms with Crippen LogP contribution in [0.15, 0.2) is 60.8 Å². The molecule has 0 N–H and O–H groups in total.